The highest BCUT2D eigenvalue weighted by Crippen LogP contribution is 2.38. The fraction of sp³-hybridized carbons (Fsp3) is 0.375. The van der Waals surface area contributed by atoms with Crippen molar-refractivity contribution in [1.82, 2.24) is 10.3 Å². The second kappa shape index (κ2) is 8.80. The Labute approximate surface area is 182 Å². The minimum absolute atomic E-state index is 0.352. The monoisotopic (exact) mass is 425 g/mol. The number of fused-ring (bicyclic) bond motifs is 1. The number of aromatic nitrogens is 1. The summed E-state index contributed by atoms with van der Waals surface area (Å²) < 4.78 is 11.0. The topological polar surface area (TPSA) is 69.4 Å². The summed E-state index contributed by atoms with van der Waals surface area (Å²) in [6.07, 6.45) is 5.67. The lowest BCUT2D eigenvalue weighted by Gasteiger charge is -2.38. The first-order valence-corrected chi connectivity index (χ1v) is 10.7. The largest absolute Gasteiger partial charge is 0.496 e. The number of ether oxygens (including phenoxy) is 2. The van der Waals surface area contributed by atoms with Gasteiger partial charge in [0.1, 0.15) is 11.5 Å². The summed E-state index contributed by atoms with van der Waals surface area (Å²) in [5.41, 5.74) is 9.67. The molecule has 3 N–H and O–H groups in total. The molecule has 0 bridgehead atoms. The van der Waals surface area contributed by atoms with Gasteiger partial charge in [-0.25, -0.2) is 0 Å². The van der Waals surface area contributed by atoms with Crippen molar-refractivity contribution in [3.05, 3.63) is 64.8 Å². The zero-order valence-electron chi connectivity index (χ0n) is 17.5. The Bertz CT molecular complexity index is 1010. The van der Waals surface area contributed by atoms with Gasteiger partial charge in [0, 0.05) is 40.3 Å². The third-order valence-electron chi connectivity index (χ3n) is 6.22. The number of nitrogens with one attached hydrogen (secondary N) is 1. The number of halogens is 1. The highest BCUT2D eigenvalue weighted by Gasteiger charge is 2.34. The Morgan fingerprint density at radius 2 is 1.80 bits per heavy atom. The van der Waals surface area contributed by atoms with Gasteiger partial charge >= 0.3 is 0 Å². The molecular formula is C24H28ClN3O2. The van der Waals surface area contributed by atoms with Crippen LogP contribution in [0.25, 0.3) is 10.9 Å². The predicted octanol–water partition coefficient (Wildman–Crippen LogP) is 4.79. The van der Waals surface area contributed by atoms with E-state index in [0.717, 1.165) is 59.2 Å². The van der Waals surface area contributed by atoms with Gasteiger partial charge in [0.2, 0.25) is 0 Å². The van der Waals surface area contributed by atoms with Crippen LogP contribution in [0.1, 0.15) is 36.8 Å². The molecule has 3 aromatic rings. The SMILES string of the molecule is COc1cccc(OC)c1CNC1CCC(N)(c2ccnc3cc(Cl)ccc23)CC1. The number of rotatable bonds is 6. The zero-order valence-corrected chi connectivity index (χ0v) is 18.2. The molecule has 0 aliphatic heterocycles. The van der Waals surface area contributed by atoms with Crippen molar-refractivity contribution in [3.63, 3.8) is 0 Å². The highest BCUT2D eigenvalue weighted by atomic mass is 35.5. The number of nitrogens with two attached hydrogens (primary N) is 1. The maximum absolute atomic E-state index is 6.92. The van der Waals surface area contributed by atoms with Gasteiger partial charge < -0.3 is 20.5 Å². The molecule has 1 saturated carbocycles. The lowest BCUT2D eigenvalue weighted by Crippen LogP contribution is -2.45. The first kappa shape index (κ1) is 20.9. The molecule has 30 heavy (non-hydrogen) atoms. The van der Waals surface area contributed by atoms with Gasteiger partial charge in [-0.1, -0.05) is 23.7 Å². The van der Waals surface area contributed by atoms with Crippen LogP contribution in [0.4, 0.5) is 0 Å². The van der Waals surface area contributed by atoms with E-state index in [9.17, 15) is 0 Å². The molecule has 0 unspecified atom stereocenters. The van der Waals surface area contributed by atoms with Crippen LogP contribution in [0.3, 0.4) is 0 Å². The minimum atomic E-state index is -0.352. The van der Waals surface area contributed by atoms with E-state index in [0.29, 0.717) is 17.6 Å². The van der Waals surface area contributed by atoms with Crippen LogP contribution in [-0.2, 0) is 12.1 Å². The number of nitrogens with zero attached hydrogens (tertiary/aromatic N) is 1. The van der Waals surface area contributed by atoms with Crippen LogP contribution in [-0.4, -0.2) is 25.2 Å². The van der Waals surface area contributed by atoms with Crippen LogP contribution < -0.4 is 20.5 Å². The van der Waals surface area contributed by atoms with Crippen molar-refractivity contribution >= 4 is 22.5 Å². The lowest BCUT2D eigenvalue weighted by molar-refractivity contribution is 0.251. The molecule has 0 radical (unpaired) electrons. The summed E-state index contributed by atoms with van der Waals surface area (Å²) in [7, 11) is 3.38. The number of pyridine rings is 1. The van der Waals surface area contributed by atoms with Crippen LogP contribution in [0, 0.1) is 0 Å². The average molecular weight is 426 g/mol. The van der Waals surface area contributed by atoms with E-state index in [1.807, 2.05) is 42.6 Å². The smallest absolute Gasteiger partial charge is 0.127 e. The predicted molar refractivity (Wildman–Crippen MR) is 121 cm³/mol. The van der Waals surface area contributed by atoms with Gasteiger partial charge in [0.05, 0.1) is 19.7 Å². The van der Waals surface area contributed by atoms with Crippen LogP contribution in [0.15, 0.2) is 48.7 Å². The van der Waals surface area contributed by atoms with Crippen LogP contribution >= 0.6 is 11.6 Å². The van der Waals surface area contributed by atoms with E-state index in [1.165, 1.54) is 0 Å². The van der Waals surface area contributed by atoms with E-state index in [1.54, 1.807) is 14.2 Å². The molecule has 1 aromatic heterocycles. The molecular weight excluding hydrogens is 398 g/mol. The summed E-state index contributed by atoms with van der Waals surface area (Å²) in [5, 5.41) is 5.46. The average Bonchev–Trinajstić information content (AvgIpc) is 2.77. The van der Waals surface area contributed by atoms with Crippen molar-refractivity contribution < 1.29 is 9.47 Å². The zero-order chi connectivity index (χ0) is 21.1. The summed E-state index contributed by atoms with van der Waals surface area (Å²) in [6.45, 7) is 0.701. The van der Waals surface area contributed by atoms with Gasteiger partial charge in [0.15, 0.2) is 0 Å². The number of benzene rings is 2. The molecule has 6 heteroatoms. The van der Waals surface area contributed by atoms with Crippen molar-refractivity contribution in [2.24, 2.45) is 5.73 Å². The van der Waals surface area contributed by atoms with Crippen molar-refractivity contribution in [1.29, 1.82) is 0 Å². The van der Waals surface area contributed by atoms with Crippen LogP contribution in [0.2, 0.25) is 5.02 Å². The van der Waals surface area contributed by atoms with Gasteiger partial charge in [0.25, 0.3) is 0 Å². The number of methoxy groups -OCH3 is 2. The molecule has 0 spiro atoms. The second-order valence-corrected chi connectivity index (χ2v) is 8.41. The van der Waals surface area contributed by atoms with E-state index in [-0.39, 0.29) is 5.54 Å². The first-order valence-electron chi connectivity index (χ1n) is 10.3. The standard InChI is InChI=1S/C24H28ClN3O2/c1-29-22-4-3-5-23(30-2)19(22)15-28-17-8-11-24(26,12-9-17)20-10-13-27-21-14-16(25)6-7-18(20)21/h3-7,10,13-14,17,28H,8-9,11-12,15,26H2,1-2H3. The Morgan fingerprint density at radius 1 is 1.10 bits per heavy atom. The highest BCUT2D eigenvalue weighted by molar-refractivity contribution is 6.31. The Kier molecular flexibility index (Phi) is 6.14. The van der Waals surface area contributed by atoms with Crippen molar-refractivity contribution in [2.45, 2.75) is 43.8 Å². The summed E-state index contributed by atoms with van der Waals surface area (Å²) in [5.74, 6) is 1.68. The van der Waals surface area contributed by atoms with Gasteiger partial charge in [-0.3, -0.25) is 4.98 Å². The maximum Gasteiger partial charge on any atom is 0.127 e. The van der Waals surface area contributed by atoms with Gasteiger partial charge in [-0.05, 0) is 61.6 Å². The Balaban J connectivity index is 1.46. The van der Waals surface area contributed by atoms with E-state index in [4.69, 9.17) is 26.8 Å². The maximum atomic E-state index is 6.92. The Morgan fingerprint density at radius 3 is 2.47 bits per heavy atom. The molecule has 2 aromatic carbocycles. The molecule has 158 valence electrons. The fourth-order valence-corrected chi connectivity index (χ4v) is 4.68. The third kappa shape index (κ3) is 4.10. The summed E-state index contributed by atoms with van der Waals surface area (Å²) >= 11 is 6.14. The normalized spacial score (nSPS) is 21.5. The van der Waals surface area contributed by atoms with E-state index >= 15 is 0 Å². The molecule has 4 rings (SSSR count). The van der Waals surface area contributed by atoms with Crippen LogP contribution in [0.5, 0.6) is 11.5 Å². The fourth-order valence-electron chi connectivity index (χ4n) is 4.51. The molecule has 1 aliphatic carbocycles. The quantitative estimate of drug-likeness (QED) is 0.594. The molecule has 0 amide bonds. The molecule has 1 heterocycles. The van der Waals surface area contributed by atoms with Crippen molar-refractivity contribution in [3.8, 4) is 11.5 Å². The lowest BCUT2D eigenvalue weighted by atomic mass is 9.74. The first-order chi connectivity index (χ1) is 14.5. The molecule has 1 aliphatic rings. The summed E-state index contributed by atoms with van der Waals surface area (Å²) in [6, 6.07) is 14.2. The Hall–Kier alpha value is -2.34. The molecule has 0 saturated heterocycles. The minimum Gasteiger partial charge on any atom is -0.496 e. The van der Waals surface area contributed by atoms with Gasteiger partial charge in [-0.2, -0.15) is 0 Å². The molecule has 0 atom stereocenters. The molecule has 5 nitrogen and oxygen atoms in total. The number of hydrogen-bond donors (Lipinski definition) is 2. The van der Waals surface area contributed by atoms with E-state index < -0.39 is 0 Å². The third-order valence-corrected chi connectivity index (χ3v) is 6.45. The van der Waals surface area contributed by atoms with Crippen molar-refractivity contribution in [2.75, 3.05) is 14.2 Å². The van der Waals surface area contributed by atoms with Gasteiger partial charge in [-0.15, -0.1) is 0 Å². The second-order valence-electron chi connectivity index (χ2n) is 7.97. The number of hydrogen-bond acceptors (Lipinski definition) is 5. The van der Waals surface area contributed by atoms with E-state index in [2.05, 4.69) is 16.4 Å². The summed E-state index contributed by atoms with van der Waals surface area (Å²) in [4.78, 5) is 4.46. The molecule has 1 fully saturated rings.